The molecule has 0 amide bonds. The van der Waals surface area contributed by atoms with E-state index in [1.54, 1.807) is 42.8 Å². The third kappa shape index (κ3) is 4.20. The highest BCUT2D eigenvalue weighted by atomic mass is 35.5. The average Bonchev–Trinajstić information content (AvgIpc) is 3.24. The highest BCUT2D eigenvalue weighted by Gasteiger charge is 2.37. The SMILES string of the molecule is CCN(CCCN1CCc2cc(OC)c(OC)c3c2[C@H]1CC3)S(=O)(=O)C1C=CC=CC1Cl. The van der Waals surface area contributed by atoms with Crippen molar-refractivity contribution in [2.45, 2.75) is 49.3 Å². The minimum atomic E-state index is -3.49. The van der Waals surface area contributed by atoms with Gasteiger partial charge < -0.3 is 9.47 Å². The molecule has 0 N–H and O–H groups in total. The summed E-state index contributed by atoms with van der Waals surface area (Å²) in [6, 6.07) is 2.51. The summed E-state index contributed by atoms with van der Waals surface area (Å²) in [5, 5.41) is -1.22. The lowest BCUT2D eigenvalue weighted by Crippen LogP contribution is -2.43. The van der Waals surface area contributed by atoms with Gasteiger partial charge >= 0.3 is 0 Å². The molecule has 0 saturated carbocycles. The van der Waals surface area contributed by atoms with Crippen molar-refractivity contribution in [2.24, 2.45) is 0 Å². The zero-order valence-electron chi connectivity index (χ0n) is 19.1. The van der Waals surface area contributed by atoms with Crippen molar-refractivity contribution in [1.82, 2.24) is 9.21 Å². The second kappa shape index (κ2) is 9.75. The van der Waals surface area contributed by atoms with Gasteiger partial charge in [0.25, 0.3) is 0 Å². The van der Waals surface area contributed by atoms with Crippen LogP contribution in [0.1, 0.15) is 42.5 Å². The first-order valence-corrected chi connectivity index (χ1v) is 13.3. The highest BCUT2D eigenvalue weighted by Crippen LogP contribution is 2.48. The van der Waals surface area contributed by atoms with E-state index in [4.69, 9.17) is 21.1 Å². The molecule has 2 aliphatic carbocycles. The van der Waals surface area contributed by atoms with Crippen molar-refractivity contribution >= 4 is 21.6 Å². The van der Waals surface area contributed by atoms with Crippen LogP contribution in [0.25, 0.3) is 0 Å². The predicted molar refractivity (Wildman–Crippen MR) is 128 cm³/mol. The van der Waals surface area contributed by atoms with Crippen LogP contribution in [0.3, 0.4) is 0 Å². The molecule has 1 heterocycles. The van der Waals surface area contributed by atoms with Crippen LogP contribution in [-0.4, -0.2) is 68.6 Å². The molecule has 0 fully saturated rings. The molecular weight excluding hydrogens is 448 g/mol. The van der Waals surface area contributed by atoms with Crippen LogP contribution in [0.5, 0.6) is 11.5 Å². The maximum absolute atomic E-state index is 13.1. The molecule has 6 nitrogen and oxygen atoms in total. The Hall–Kier alpha value is -1.54. The van der Waals surface area contributed by atoms with Crippen LogP contribution in [0.15, 0.2) is 30.4 Å². The number of alkyl halides is 1. The van der Waals surface area contributed by atoms with E-state index in [0.29, 0.717) is 19.1 Å². The summed E-state index contributed by atoms with van der Waals surface area (Å²) in [4.78, 5) is 2.51. The summed E-state index contributed by atoms with van der Waals surface area (Å²) in [6.07, 6.45) is 10.8. The van der Waals surface area contributed by atoms with Crippen LogP contribution < -0.4 is 9.47 Å². The largest absolute Gasteiger partial charge is 0.493 e. The van der Waals surface area contributed by atoms with Gasteiger partial charge in [0.2, 0.25) is 10.0 Å². The summed E-state index contributed by atoms with van der Waals surface area (Å²) in [6.45, 7) is 4.70. The van der Waals surface area contributed by atoms with E-state index in [9.17, 15) is 8.42 Å². The van der Waals surface area contributed by atoms with Crippen molar-refractivity contribution in [3.05, 3.63) is 47.1 Å². The smallest absolute Gasteiger partial charge is 0.222 e. The Labute approximate surface area is 196 Å². The molecule has 0 radical (unpaired) electrons. The number of ether oxygens (including phenoxy) is 2. The van der Waals surface area contributed by atoms with Crippen molar-refractivity contribution in [2.75, 3.05) is 40.4 Å². The molecule has 0 saturated heterocycles. The van der Waals surface area contributed by atoms with Gasteiger partial charge in [-0.3, -0.25) is 4.90 Å². The first-order chi connectivity index (χ1) is 15.4. The lowest BCUT2D eigenvalue weighted by atomic mass is 9.92. The Balaban J connectivity index is 1.43. The quantitative estimate of drug-likeness (QED) is 0.504. The molecule has 8 heteroatoms. The highest BCUT2D eigenvalue weighted by molar-refractivity contribution is 7.90. The summed E-state index contributed by atoms with van der Waals surface area (Å²) >= 11 is 6.29. The number of rotatable bonds is 9. The molecule has 4 rings (SSSR count). The fourth-order valence-corrected chi connectivity index (χ4v) is 7.76. The van der Waals surface area contributed by atoms with Gasteiger partial charge in [-0.2, -0.15) is 0 Å². The second-order valence-corrected chi connectivity index (χ2v) is 11.2. The zero-order chi connectivity index (χ0) is 22.9. The summed E-state index contributed by atoms with van der Waals surface area (Å²) in [5.41, 5.74) is 4.04. The van der Waals surface area contributed by atoms with E-state index >= 15 is 0 Å². The van der Waals surface area contributed by atoms with E-state index in [1.165, 1.54) is 16.7 Å². The maximum atomic E-state index is 13.1. The van der Waals surface area contributed by atoms with E-state index < -0.39 is 20.7 Å². The van der Waals surface area contributed by atoms with E-state index in [0.717, 1.165) is 50.3 Å². The number of hydrogen-bond donors (Lipinski definition) is 0. The Bertz CT molecular complexity index is 1010. The molecule has 1 aromatic rings. The molecule has 1 aromatic carbocycles. The van der Waals surface area contributed by atoms with Gasteiger partial charge in [-0.15, -0.1) is 11.6 Å². The van der Waals surface area contributed by atoms with Crippen LogP contribution in [0.2, 0.25) is 0 Å². The topological polar surface area (TPSA) is 59.1 Å². The van der Waals surface area contributed by atoms with E-state index in [1.807, 2.05) is 6.92 Å². The summed E-state index contributed by atoms with van der Waals surface area (Å²) in [5.74, 6) is 1.69. The van der Waals surface area contributed by atoms with Crippen molar-refractivity contribution in [3.63, 3.8) is 0 Å². The molecule has 2 unspecified atom stereocenters. The van der Waals surface area contributed by atoms with Crippen molar-refractivity contribution in [3.8, 4) is 11.5 Å². The van der Waals surface area contributed by atoms with Crippen LogP contribution in [0.4, 0.5) is 0 Å². The number of allylic oxidation sites excluding steroid dienone is 3. The monoisotopic (exact) mass is 480 g/mol. The Morgan fingerprint density at radius 1 is 1.19 bits per heavy atom. The van der Waals surface area contributed by atoms with Gasteiger partial charge in [0.05, 0.1) is 19.6 Å². The Morgan fingerprint density at radius 2 is 1.97 bits per heavy atom. The van der Waals surface area contributed by atoms with Gasteiger partial charge in [0, 0.05) is 37.8 Å². The van der Waals surface area contributed by atoms with Gasteiger partial charge in [-0.1, -0.05) is 31.2 Å². The second-order valence-electron chi connectivity index (χ2n) is 8.57. The summed E-state index contributed by atoms with van der Waals surface area (Å²) in [7, 11) is -0.0883. The third-order valence-corrected chi connectivity index (χ3v) is 9.80. The predicted octanol–water partition coefficient (Wildman–Crippen LogP) is 3.69. The zero-order valence-corrected chi connectivity index (χ0v) is 20.7. The number of sulfonamides is 1. The number of hydrogen-bond acceptors (Lipinski definition) is 5. The number of halogens is 1. The lowest BCUT2D eigenvalue weighted by molar-refractivity contribution is 0.179. The van der Waals surface area contributed by atoms with Gasteiger partial charge in [0.1, 0.15) is 5.25 Å². The molecule has 0 aromatic heterocycles. The lowest BCUT2D eigenvalue weighted by Gasteiger charge is -2.36. The molecule has 3 aliphatic rings. The average molecular weight is 481 g/mol. The minimum absolute atomic E-state index is 0.374. The fraction of sp³-hybridized carbons (Fsp3) is 0.583. The normalized spacial score (nSPS) is 24.7. The number of nitrogens with zero attached hydrogens (tertiary/aromatic N) is 2. The molecule has 3 atom stereocenters. The van der Waals surface area contributed by atoms with E-state index in [-0.39, 0.29) is 0 Å². The first kappa shape index (κ1) is 23.6. The molecule has 1 aliphatic heterocycles. The first-order valence-electron chi connectivity index (χ1n) is 11.4. The molecule has 32 heavy (non-hydrogen) atoms. The number of methoxy groups -OCH3 is 2. The molecule has 0 spiro atoms. The van der Waals surface area contributed by atoms with Gasteiger partial charge in [-0.05, 0) is 42.9 Å². The van der Waals surface area contributed by atoms with Crippen molar-refractivity contribution in [1.29, 1.82) is 0 Å². The van der Waals surface area contributed by atoms with Crippen LogP contribution in [-0.2, 0) is 22.9 Å². The molecule has 0 bridgehead atoms. The Morgan fingerprint density at radius 3 is 2.66 bits per heavy atom. The Kier molecular flexibility index (Phi) is 7.20. The van der Waals surface area contributed by atoms with Crippen LogP contribution >= 0.6 is 11.6 Å². The standard InChI is InChI=1S/C24H33ClN2O4S/c1-4-27(32(28,29)22-9-6-5-8-19(22)25)14-7-13-26-15-12-17-16-21(30-2)24(31-3)18-10-11-20(26)23(17)18/h5-6,8-9,16,19-20,22H,4,7,10-15H2,1-3H3/t19?,20-,22?/m1/s1. The van der Waals surface area contributed by atoms with Crippen molar-refractivity contribution < 1.29 is 17.9 Å². The number of benzene rings is 1. The van der Waals surface area contributed by atoms with Gasteiger partial charge in [-0.25, -0.2) is 12.7 Å². The molecular formula is C24H33ClN2O4S. The molecule has 176 valence electrons. The van der Waals surface area contributed by atoms with Crippen LogP contribution in [0, 0.1) is 0 Å². The van der Waals surface area contributed by atoms with E-state index in [2.05, 4.69) is 11.0 Å². The minimum Gasteiger partial charge on any atom is -0.493 e. The maximum Gasteiger partial charge on any atom is 0.222 e. The third-order valence-electron chi connectivity index (χ3n) is 6.94. The van der Waals surface area contributed by atoms with Gasteiger partial charge in [0.15, 0.2) is 11.5 Å². The fourth-order valence-electron chi connectivity index (χ4n) is 5.40. The summed E-state index contributed by atoms with van der Waals surface area (Å²) < 4.78 is 39.1.